The molecule has 168 valence electrons. The number of nitrogens with one attached hydrogen (secondary N) is 2. The van der Waals surface area contributed by atoms with Crippen LogP contribution in [0.2, 0.25) is 0 Å². The molecule has 1 amide bonds. The van der Waals surface area contributed by atoms with Crippen LogP contribution < -0.4 is 10.0 Å². The summed E-state index contributed by atoms with van der Waals surface area (Å²) in [4.78, 5) is 17.5. The molecule has 2 aromatic rings. The maximum Gasteiger partial charge on any atom is 0.240 e. The first-order valence-electron chi connectivity index (χ1n) is 11.1. The van der Waals surface area contributed by atoms with E-state index in [0.717, 1.165) is 56.9 Å². The fourth-order valence-corrected chi connectivity index (χ4v) is 5.45. The Hall–Kier alpha value is -2.26. The number of hydrogen-bond donors (Lipinski definition) is 2. The number of aryl methyl sites for hydroxylation is 2. The summed E-state index contributed by atoms with van der Waals surface area (Å²) >= 11 is 0. The average Bonchev–Trinajstić information content (AvgIpc) is 3.49. The Balaban J connectivity index is 1.38. The van der Waals surface area contributed by atoms with Crippen molar-refractivity contribution in [3.63, 3.8) is 0 Å². The molecule has 2 aliphatic rings. The van der Waals surface area contributed by atoms with E-state index in [1.54, 1.807) is 31.2 Å². The predicted octanol–water partition coefficient (Wildman–Crippen LogP) is 3.12. The smallest absolute Gasteiger partial charge is 0.240 e. The Kier molecular flexibility index (Phi) is 6.43. The predicted molar refractivity (Wildman–Crippen MR) is 115 cm³/mol. The second-order valence-electron chi connectivity index (χ2n) is 8.72. The van der Waals surface area contributed by atoms with Gasteiger partial charge in [0.05, 0.1) is 4.90 Å². The van der Waals surface area contributed by atoms with E-state index in [9.17, 15) is 13.2 Å². The molecule has 0 spiro atoms. The van der Waals surface area contributed by atoms with Crippen molar-refractivity contribution in [3.8, 4) is 0 Å². The van der Waals surface area contributed by atoms with E-state index in [1.807, 2.05) is 0 Å². The third-order valence-corrected chi connectivity index (χ3v) is 7.60. The molecule has 0 unspecified atom stereocenters. The van der Waals surface area contributed by atoms with Crippen molar-refractivity contribution in [2.45, 2.75) is 87.6 Å². The third-order valence-electron chi connectivity index (χ3n) is 6.06. The van der Waals surface area contributed by atoms with Crippen LogP contribution in [0.3, 0.4) is 0 Å². The molecule has 1 aromatic heterocycles. The van der Waals surface area contributed by atoms with Gasteiger partial charge in [-0.2, -0.15) is 4.98 Å². The average molecular weight is 447 g/mol. The van der Waals surface area contributed by atoms with Gasteiger partial charge in [0.15, 0.2) is 5.82 Å². The van der Waals surface area contributed by atoms with Crippen molar-refractivity contribution in [1.82, 2.24) is 20.2 Å². The summed E-state index contributed by atoms with van der Waals surface area (Å²) in [6, 6.07) is 6.84. The second-order valence-corrected chi connectivity index (χ2v) is 10.4. The van der Waals surface area contributed by atoms with Gasteiger partial charge in [0, 0.05) is 19.4 Å². The highest BCUT2D eigenvalue weighted by molar-refractivity contribution is 7.89. The highest BCUT2D eigenvalue weighted by Gasteiger charge is 2.38. The first-order chi connectivity index (χ1) is 14.9. The molecule has 0 atom stereocenters. The van der Waals surface area contributed by atoms with E-state index in [-0.39, 0.29) is 16.8 Å². The van der Waals surface area contributed by atoms with Crippen LogP contribution >= 0.6 is 0 Å². The number of benzene rings is 1. The molecule has 2 saturated carbocycles. The molecule has 31 heavy (non-hydrogen) atoms. The van der Waals surface area contributed by atoms with Crippen LogP contribution in [0.15, 0.2) is 33.7 Å². The zero-order valence-electron chi connectivity index (χ0n) is 17.9. The first kappa shape index (κ1) is 22.0. The van der Waals surface area contributed by atoms with Crippen LogP contribution in [0.1, 0.15) is 75.1 Å². The lowest BCUT2D eigenvalue weighted by Crippen LogP contribution is -2.46. The molecule has 0 saturated heterocycles. The van der Waals surface area contributed by atoms with Gasteiger partial charge in [0.1, 0.15) is 5.54 Å². The van der Waals surface area contributed by atoms with Crippen molar-refractivity contribution in [2.75, 3.05) is 0 Å². The molecule has 0 bridgehead atoms. The molecule has 1 aromatic carbocycles. The number of carbonyl (C=O) groups is 1. The summed E-state index contributed by atoms with van der Waals surface area (Å²) in [5.41, 5.74) is 0.350. The summed E-state index contributed by atoms with van der Waals surface area (Å²) in [7, 11) is -3.46. The van der Waals surface area contributed by atoms with Gasteiger partial charge in [0.2, 0.25) is 21.8 Å². The van der Waals surface area contributed by atoms with E-state index >= 15 is 0 Å². The maximum absolute atomic E-state index is 12.8. The Bertz CT molecular complexity index is 1000. The fraction of sp³-hybridized carbons (Fsp3) is 0.591. The molecule has 2 aliphatic carbocycles. The monoisotopic (exact) mass is 446 g/mol. The number of rotatable bonds is 8. The minimum Gasteiger partial charge on any atom is -0.343 e. The normalized spacial score (nSPS) is 19.0. The lowest BCUT2D eigenvalue weighted by atomic mass is 9.89. The zero-order valence-corrected chi connectivity index (χ0v) is 18.7. The van der Waals surface area contributed by atoms with Crippen molar-refractivity contribution >= 4 is 15.9 Å². The Morgan fingerprint density at radius 3 is 2.39 bits per heavy atom. The number of hydrogen-bond acceptors (Lipinski definition) is 6. The zero-order chi connectivity index (χ0) is 21.9. The summed E-state index contributed by atoms with van der Waals surface area (Å²) in [6.07, 6.45) is 8.55. The van der Waals surface area contributed by atoms with Crippen molar-refractivity contribution in [2.24, 2.45) is 0 Å². The van der Waals surface area contributed by atoms with Gasteiger partial charge in [-0.25, -0.2) is 13.1 Å². The number of sulfonamides is 1. The van der Waals surface area contributed by atoms with E-state index in [1.165, 1.54) is 0 Å². The number of aromatic nitrogens is 2. The molecule has 0 aliphatic heterocycles. The topological polar surface area (TPSA) is 114 Å². The molecular weight excluding hydrogens is 416 g/mol. The van der Waals surface area contributed by atoms with E-state index in [4.69, 9.17) is 4.52 Å². The molecule has 8 nitrogen and oxygen atoms in total. The van der Waals surface area contributed by atoms with Crippen LogP contribution in [0.5, 0.6) is 0 Å². The van der Waals surface area contributed by atoms with Crippen molar-refractivity contribution in [3.05, 3.63) is 41.5 Å². The molecule has 1 heterocycles. The van der Waals surface area contributed by atoms with Crippen molar-refractivity contribution < 1.29 is 17.7 Å². The Morgan fingerprint density at radius 2 is 1.81 bits per heavy atom. The van der Waals surface area contributed by atoms with Gasteiger partial charge >= 0.3 is 0 Å². The van der Waals surface area contributed by atoms with Crippen LogP contribution in [0.25, 0.3) is 0 Å². The summed E-state index contributed by atoms with van der Waals surface area (Å²) in [5, 5.41) is 7.33. The summed E-state index contributed by atoms with van der Waals surface area (Å²) in [5.74, 6) is 1.01. The lowest BCUT2D eigenvalue weighted by Gasteiger charge is -2.30. The van der Waals surface area contributed by atoms with Gasteiger partial charge in [-0.05, 0) is 49.8 Å². The van der Waals surface area contributed by atoms with Gasteiger partial charge < -0.3 is 9.84 Å². The molecular formula is C22H30N4O4S. The van der Waals surface area contributed by atoms with Crippen LogP contribution in [-0.2, 0) is 26.8 Å². The fourth-order valence-electron chi connectivity index (χ4n) is 4.14. The Morgan fingerprint density at radius 1 is 1.13 bits per heavy atom. The molecule has 2 fully saturated rings. The van der Waals surface area contributed by atoms with Gasteiger partial charge in [0.25, 0.3) is 0 Å². The van der Waals surface area contributed by atoms with Gasteiger partial charge in [-0.15, -0.1) is 0 Å². The SMILES string of the molecule is Cc1nc(C2(NC(=O)CCc3ccc(S(=O)(=O)NC4CC4)cc3)CCCCCC2)no1. The summed E-state index contributed by atoms with van der Waals surface area (Å²) in [6.45, 7) is 1.76. The molecule has 0 radical (unpaired) electrons. The number of carbonyl (C=O) groups excluding carboxylic acids is 1. The quantitative estimate of drug-likeness (QED) is 0.602. The summed E-state index contributed by atoms with van der Waals surface area (Å²) < 4.78 is 32.4. The van der Waals surface area contributed by atoms with E-state index < -0.39 is 15.6 Å². The van der Waals surface area contributed by atoms with E-state index in [0.29, 0.717) is 24.6 Å². The largest absolute Gasteiger partial charge is 0.343 e. The van der Waals surface area contributed by atoms with Crippen LogP contribution in [0.4, 0.5) is 0 Å². The second kappa shape index (κ2) is 9.08. The molecule has 9 heteroatoms. The number of nitrogens with zero attached hydrogens (tertiary/aromatic N) is 2. The minimum atomic E-state index is -3.46. The molecule has 2 N–H and O–H groups in total. The van der Waals surface area contributed by atoms with Gasteiger partial charge in [-0.1, -0.05) is 43.0 Å². The highest BCUT2D eigenvalue weighted by Crippen LogP contribution is 2.34. The van der Waals surface area contributed by atoms with Crippen molar-refractivity contribution in [1.29, 1.82) is 0 Å². The van der Waals surface area contributed by atoms with Crippen LogP contribution in [0, 0.1) is 6.92 Å². The lowest BCUT2D eigenvalue weighted by molar-refractivity contribution is -0.123. The van der Waals surface area contributed by atoms with Crippen LogP contribution in [-0.4, -0.2) is 30.5 Å². The highest BCUT2D eigenvalue weighted by atomic mass is 32.2. The first-order valence-corrected chi connectivity index (χ1v) is 12.6. The maximum atomic E-state index is 12.8. The molecule has 4 rings (SSSR count). The third kappa shape index (κ3) is 5.51. The van der Waals surface area contributed by atoms with Gasteiger partial charge in [-0.3, -0.25) is 4.79 Å². The van der Waals surface area contributed by atoms with E-state index in [2.05, 4.69) is 20.2 Å². The number of amides is 1. The minimum absolute atomic E-state index is 0.0588. The standard InChI is InChI=1S/C22H30N4O4S/c1-16-23-21(25-30-16)22(14-4-2-3-5-15-22)24-20(27)13-8-17-6-11-19(12-7-17)31(28,29)26-18-9-10-18/h6-7,11-12,18,26H,2-5,8-10,13-15H2,1H3,(H,24,27). The Labute approximate surface area is 183 Å².